The van der Waals surface area contributed by atoms with E-state index in [1.165, 1.54) is 17.2 Å². The van der Waals surface area contributed by atoms with Gasteiger partial charge in [-0.3, -0.25) is 10.1 Å². The molecule has 2 aliphatic heterocycles. The van der Waals surface area contributed by atoms with Gasteiger partial charge in [-0.25, -0.2) is 12.8 Å². The number of hydrogen-bond donors (Lipinski definition) is 2. The highest BCUT2D eigenvalue weighted by molar-refractivity contribution is 9.10. The molecule has 2 aliphatic rings. The monoisotopic (exact) mass is 512 g/mol. The van der Waals surface area contributed by atoms with E-state index in [1.54, 1.807) is 12.3 Å². The molecule has 1 fully saturated rings. The summed E-state index contributed by atoms with van der Waals surface area (Å²) in [5.74, 6) is 0.379. The second kappa shape index (κ2) is 9.13. The van der Waals surface area contributed by atoms with Gasteiger partial charge in [0.25, 0.3) is 0 Å². The van der Waals surface area contributed by atoms with E-state index in [1.807, 2.05) is 24.3 Å². The molecule has 0 aliphatic carbocycles. The van der Waals surface area contributed by atoms with E-state index in [-0.39, 0.29) is 17.3 Å². The number of rotatable bonds is 6. The fraction of sp³-hybridized carbons (Fsp3) is 0.300. The van der Waals surface area contributed by atoms with Gasteiger partial charge in [-0.2, -0.15) is 5.06 Å². The van der Waals surface area contributed by atoms with E-state index in [0.717, 1.165) is 17.7 Å². The second-order valence-corrected chi connectivity index (χ2v) is 10.5. The van der Waals surface area contributed by atoms with Gasteiger partial charge in [0.15, 0.2) is 15.7 Å². The first kappa shape index (κ1) is 22.0. The van der Waals surface area contributed by atoms with Crippen molar-refractivity contribution in [3.63, 3.8) is 0 Å². The molecule has 8 nitrogen and oxygen atoms in total. The van der Waals surface area contributed by atoms with Crippen molar-refractivity contribution in [2.75, 3.05) is 29.7 Å². The molecule has 0 aromatic heterocycles. The van der Waals surface area contributed by atoms with Crippen molar-refractivity contribution in [2.45, 2.75) is 13.1 Å². The van der Waals surface area contributed by atoms with Crippen LogP contribution in [0.2, 0.25) is 0 Å². The molecule has 2 aromatic rings. The Morgan fingerprint density at radius 3 is 2.45 bits per heavy atom. The van der Waals surface area contributed by atoms with Crippen LogP contribution < -0.4 is 10.4 Å². The molecule has 31 heavy (non-hydrogen) atoms. The quantitative estimate of drug-likeness (QED) is 0.611. The fourth-order valence-electron chi connectivity index (χ4n) is 3.29. The minimum Gasteiger partial charge on any atom is -0.362 e. The maximum atomic E-state index is 13.4. The Labute approximate surface area is 188 Å². The van der Waals surface area contributed by atoms with Crippen LogP contribution >= 0.6 is 15.9 Å². The number of nitrogens with one attached hydrogen (secondary N) is 1. The minimum atomic E-state index is -2.87. The zero-order chi connectivity index (χ0) is 22.0. The number of nitrogens with zero attached hydrogens (tertiary/aromatic N) is 3. The molecular formula is C20H22BrFN4O4S. The third-order valence-electron chi connectivity index (χ3n) is 5.11. The van der Waals surface area contributed by atoms with E-state index >= 15 is 0 Å². The first-order chi connectivity index (χ1) is 14.8. The summed E-state index contributed by atoms with van der Waals surface area (Å²) in [7, 11) is -2.87. The number of hydroxylamine groups is 3. The van der Waals surface area contributed by atoms with Crippen LogP contribution in [-0.4, -0.2) is 48.3 Å². The van der Waals surface area contributed by atoms with Gasteiger partial charge in [-0.15, -0.1) is 4.94 Å². The van der Waals surface area contributed by atoms with Crippen LogP contribution in [0.25, 0.3) is 0 Å². The van der Waals surface area contributed by atoms with Gasteiger partial charge in [0.1, 0.15) is 5.82 Å². The molecule has 2 heterocycles. The van der Waals surface area contributed by atoms with E-state index in [4.69, 9.17) is 4.94 Å². The smallest absolute Gasteiger partial charge is 0.179 e. The van der Waals surface area contributed by atoms with Crippen LogP contribution in [0, 0.1) is 5.82 Å². The molecule has 0 atom stereocenters. The number of anilines is 1. The first-order valence-corrected chi connectivity index (χ1v) is 12.3. The topological polar surface area (TPSA) is 85.4 Å². The van der Waals surface area contributed by atoms with Crippen LogP contribution in [0.3, 0.4) is 0 Å². The SMILES string of the molecule is O=S1(=O)CCN(Cc2ccc(CNC3=CN(c4ccc(F)c(Br)c4)ON3O)cc2)CC1. The van der Waals surface area contributed by atoms with Gasteiger partial charge in [0, 0.05) is 26.2 Å². The molecule has 4 rings (SSSR count). The van der Waals surface area contributed by atoms with Crippen molar-refractivity contribution in [1.29, 1.82) is 0 Å². The lowest BCUT2D eigenvalue weighted by Gasteiger charge is -2.26. The summed E-state index contributed by atoms with van der Waals surface area (Å²) in [6, 6.07) is 12.4. The molecule has 1 saturated heterocycles. The van der Waals surface area contributed by atoms with Gasteiger partial charge in [0.2, 0.25) is 0 Å². The molecule has 2 aromatic carbocycles. The molecule has 0 saturated carbocycles. The Hall–Kier alpha value is -2.18. The average Bonchev–Trinajstić information content (AvgIpc) is 3.12. The highest BCUT2D eigenvalue weighted by Crippen LogP contribution is 2.27. The summed E-state index contributed by atoms with van der Waals surface area (Å²) in [6.07, 6.45) is 1.55. The minimum absolute atomic E-state index is 0.218. The lowest BCUT2D eigenvalue weighted by molar-refractivity contribution is -0.306. The summed E-state index contributed by atoms with van der Waals surface area (Å²) >= 11 is 3.13. The summed E-state index contributed by atoms with van der Waals surface area (Å²) in [5.41, 5.74) is 2.66. The summed E-state index contributed by atoms with van der Waals surface area (Å²) in [5, 5.41) is 15.0. The van der Waals surface area contributed by atoms with Gasteiger partial charge >= 0.3 is 0 Å². The van der Waals surface area contributed by atoms with Gasteiger partial charge < -0.3 is 5.32 Å². The molecule has 0 spiro atoms. The molecule has 0 radical (unpaired) electrons. The number of sulfone groups is 1. The van der Waals surface area contributed by atoms with Crippen molar-refractivity contribution < 1.29 is 23.0 Å². The molecular weight excluding hydrogens is 491 g/mol. The highest BCUT2D eigenvalue weighted by Gasteiger charge is 2.23. The normalized spacial score (nSPS) is 18.9. The van der Waals surface area contributed by atoms with Gasteiger partial charge in [-0.1, -0.05) is 29.5 Å². The first-order valence-electron chi connectivity index (χ1n) is 9.67. The zero-order valence-corrected chi connectivity index (χ0v) is 18.9. The predicted octanol–water partition coefficient (Wildman–Crippen LogP) is 2.77. The van der Waals surface area contributed by atoms with E-state index in [2.05, 4.69) is 26.1 Å². The molecule has 166 valence electrons. The van der Waals surface area contributed by atoms with Crippen molar-refractivity contribution in [3.8, 4) is 0 Å². The largest absolute Gasteiger partial charge is 0.362 e. The Morgan fingerprint density at radius 1 is 1.10 bits per heavy atom. The third-order valence-corrected chi connectivity index (χ3v) is 7.33. The Kier molecular flexibility index (Phi) is 6.49. The Bertz CT molecular complexity index is 1070. The molecule has 0 amide bonds. The zero-order valence-electron chi connectivity index (χ0n) is 16.5. The number of halogens is 2. The highest BCUT2D eigenvalue weighted by atomic mass is 79.9. The van der Waals surface area contributed by atoms with E-state index in [9.17, 15) is 18.0 Å². The van der Waals surface area contributed by atoms with Crippen LogP contribution in [0.4, 0.5) is 10.1 Å². The summed E-state index contributed by atoms with van der Waals surface area (Å²) in [4.78, 5) is 7.38. The summed E-state index contributed by atoms with van der Waals surface area (Å²) in [6.45, 7) is 2.30. The lowest BCUT2D eigenvalue weighted by Crippen LogP contribution is -2.39. The standard InChI is InChI=1S/C20H22BrFN4O4S/c21-18-11-17(5-6-19(18)22)25-14-20(26(27)30-25)23-12-15-1-3-16(4-2-15)13-24-7-9-31(28,29)10-8-24/h1-6,11,14,23,27H,7-10,12-13H2. The maximum absolute atomic E-state index is 13.4. The molecule has 0 unspecified atom stereocenters. The van der Waals surface area contributed by atoms with Crippen molar-refractivity contribution in [3.05, 3.63) is 75.9 Å². The van der Waals surface area contributed by atoms with Crippen molar-refractivity contribution >= 4 is 31.5 Å². The van der Waals surface area contributed by atoms with Crippen LogP contribution in [0.1, 0.15) is 11.1 Å². The van der Waals surface area contributed by atoms with Gasteiger partial charge in [0.05, 0.1) is 27.9 Å². The van der Waals surface area contributed by atoms with Crippen molar-refractivity contribution in [1.82, 2.24) is 15.4 Å². The van der Waals surface area contributed by atoms with Gasteiger partial charge in [-0.05, 0) is 45.3 Å². The molecule has 11 heteroatoms. The average molecular weight is 513 g/mol. The van der Waals surface area contributed by atoms with Crippen molar-refractivity contribution in [2.24, 2.45) is 0 Å². The van der Waals surface area contributed by atoms with Crippen LogP contribution in [0.15, 0.2) is 59.0 Å². The number of hydrogen-bond acceptors (Lipinski definition) is 8. The Balaban J connectivity index is 1.32. The van der Waals surface area contributed by atoms with Crippen LogP contribution in [0.5, 0.6) is 0 Å². The predicted molar refractivity (Wildman–Crippen MR) is 117 cm³/mol. The van der Waals surface area contributed by atoms with E-state index < -0.39 is 9.84 Å². The second-order valence-electron chi connectivity index (χ2n) is 7.39. The molecule has 0 bridgehead atoms. The lowest BCUT2D eigenvalue weighted by atomic mass is 10.1. The van der Waals surface area contributed by atoms with E-state index in [0.29, 0.717) is 40.8 Å². The molecule has 2 N–H and O–H groups in total. The maximum Gasteiger partial charge on any atom is 0.179 e. The number of benzene rings is 2. The fourth-order valence-corrected chi connectivity index (χ4v) is 4.93. The Morgan fingerprint density at radius 2 is 1.77 bits per heavy atom. The van der Waals surface area contributed by atoms with Crippen LogP contribution in [-0.2, 0) is 27.9 Å². The third kappa shape index (κ3) is 5.55. The summed E-state index contributed by atoms with van der Waals surface area (Å²) < 4.78 is 36.8.